The number of H-pyrrole nitrogens is 1. The molecule has 0 spiro atoms. The molecule has 0 aliphatic carbocycles. The van der Waals surface area contributed by atoms with Crippen molar-refractivity contribution in [2.24, 2.45) is 0 Å². The summed E-state index contributed by atoms with van der Waals surface area (Å²) in [6.45, 7) is 1.46. The van der Waals surface area contributed by atoms with Crippen LogP contribution in [0, 0.1) is 0 Å². The Kier molecular flexibility index (Phi) is 6.23. The Bertz CT molecular complexity index is 1180. The van der Waals surface area contributed by atoms with Crippen LogP contribution < -0.4 is 5.32 Å². The molecule has 0 aliphatic heterocycles. The summed E-state index contributed by atoms with van der Waals surface area (Å²) in [6, 6.07) is 13.5. The fourth-order valence-corrected chi connectivity index (χ4v) is 3.86. The Labute approximate surface area is 174 Å². The van der Waals surface area contributed by atoms with Crippen molar-refractivity contribution in [2.75, 3.05) is 19.4 Å². The Balaban J connectivity index is 1.63. The van der Waals surface area contributed by atoms with E-state index in [0.717, 1.165) is 20.8 Å². The third-order valence-corrected chi connectivity index (χ3v) is 6.38. The first kappa shape index (κ1) is 21.5. The minimum Gasteiger partial charge on any atom is -0.452 e. The second-order valence-electron chi connectivity index (χ2n) is 6.97. The highest BCUT2D eigenvalue weighted by molar-refractivity contribution is 7.89. The monoisotopic (exact) mass is 429 g/mol. The molecule has 3 aromatic rings. The summed E-state index contributed by atoms with van der Waals surface area (Å²) < 4.78 is 30.8. The second kappa shape index (κ2) is 8.68. The Morgan fingerprint density at radius 2 is 1.87 bits per heavy atom. The number of hydrogen-bond acceptors (Lipinski definition) is 5. The number of sulfonamides is 1. The lowest BCUT2D eigenvalue weighted by atomic mass is 10.1. The summed E-state index contributed by atoms with van der Waals surface area (Å²) in [5.74, 6) is -1.09. The largest absolute Gasteiger partial charge is 0.452 e. The van der Waals surface area contributed by atoms with E-state index in [0.29, 0.717) is 5.69 Å². The van der Waals surface area contributed by atoms with Gasteiger partial charge in [0, 0.05) is 36.9 Å². The summed E-state index contributed by atoms with van der Waals surface area (Å²) in [7, 11) is -0.775. The minimum absolute atomic E-state index is 0.0260. The number of carbonyl (C=O) groups excluding carboxylic acids is 2. The zero-order valence-electron chi connectivity index (χ0n) is 16.9. The normalized spacial score (nSPS) is 12.7. The van der Waals surface area contributed by atoms with Crippen LogP contribution in [0.2, 0.25) is 0 Å². The fourth-order valence-electron chi connectivity index (χ4n) is 2.91. The number of rotatable bonds is 7. The van der Waals surface area contributed by atoms with Crippen LogP contribution in [0.3, 0.4) is 0 Å². The summed E-state index contributed by atoms with van der Waals surface area (Å²) in [6.07, 6.45) is 0.725. The van der Waals surface area contributed by atoms with E-state index in [1.165, 1.54) is 39.2 Å². The molecule has 0 bridgehead atoms. The van der Waals surface area contributed by atoms with Gasteiger partial charge >= 0.3 is 5.97 Å². The van der Waals surface area contributed by atoms with E-state index in [1.54, 1.807) is 12.3 Å². The van der Waals surface area contributed by atoms with Gasteiger partial charge in [-0.25, -0.2) is 12.7 Å². The number of aromatic nitrogens is 1. The van der Waals surface area contributed by atoms with Crippen molar-refractivity contribution in [1.82, 2.24) is 9.29 Å². The van der Waals surface area contributed by atoms with E-state index in [2.05, 4.69) is 10.3 Å². The molecule has 158 valence electrons. The first-order valence-electron chi connectivity index (χ1n) is 9.26. The number of carbonyl (C=O) groups is 2. The topological polar surface area (TPSA) is 109 Å². The SMILES string of the molecule is C[C@H](OC(=O)Cc1c[nH]c2ccccc12)C(=O)Nc1cccc(S(=O)(=O)N(C)C)c1. The molecule has 1 aromatic heterocycles. The molecule has 0 fully saturated rings. The fraction of sp³-hybridized carbons (Fsp3) is 0.238. The van der Waals surface area contributed by atoms with Gasteiger partial charge in [-0.15, -0.1) is 0 Å². The smallest absolute Gasteiger partial charge is 0.311 e. The van der Waals surface area contributed by atoms with Crippen molar-refractivity contribution in [3.8, 4) is 0 Å². The van der Waals surface area contributed by atoms with Gasteiger partial charge in [0.25, 0.3) is 5.91 Å². The molecule has 0 unspecified atom stereocenters. The van der Waals surface area contributed by atoms with E-state index < -0.39 is 28.0 Å². The van der Waals surface area contributed by atoms with Crippen molar-refractivity contribution < 1.29 is 22.7 Å². The minimum atomic E-state index is -3.63. The second-order valence-corrected chi connectivity index (χ2v) is 9.12. The van der Waals surface area contributed by atoms with Crippen molar-refractivity contribution in [2.45, 2.75) is 24.3 Å². The standard InChI is InChI=1S/C21H23N3O5S/c1-14(29-20(25)11-15-13-22-19-10-5-4-9-18(15)19)21(26)23-16-7-6-8-17(12-16)30(27,28)24(2)3/h4-10,12-14,22H,11H2,1-3H3,(H,23,26)/t14-/m0/s1. The number of ether oxygens (including phenoxy) is 1. The quantitative estimate of drug-likeness (QED) is 0.561. The van der Waals surface area contributed by atoms with E-state index in [-0.39, 0.29) is 11.3 Å². The zero-order chi connectivity index (χ0) is 21.9. The summed E-state index contributed by atoms with van der Waals surface area (Å²) in [5, 5.41) is 3.50. The van der Waals surface area contributed by atoms with Gasteiger partial charge in [-0.3, -0.25) is 9.59 Å². The van der Waals surface area contributed by atoms with Crippen molar-refractivity contribution in [3.63, 3.8) is 0 Å². The van der Waals surface area contributed by atoms with Gasteiger partial charge in [0.05, 0.1) is 11.3 Å². The van der Waals surface area contributed by atoms with E-state index in [1.807, 2.05) is 24.3 Å². The molecule has 2 aromatic carbocycles. The number of benzene rings is 2. The number of hydrogen-bond donors (Lipinski definition) is 2. The molecule has 1 amide bonds. The Morgan fingerprint density at radius 3 is 2.60 bits per heavy atom. The van der Waals surface area contributed by atoms with E-state index in [4.69, 9.17) is 4.74 Å². The van der Waals surface area contributed by atoms with Crippen LogP contribution >= 0.6 is 0 Å². The molecule has 1 heterocycles. The molecule has 2 N–H and O–H groups in total. The van der Waals surface area contributed by atoms with Crippen LogP contribution in [0.1, 0.15) is 12.5 Å². The van der Waals surface area contributed by atoms with Gasteiger partial charge in [-0.2, -0.15) is 0 Å². The maximum absolute atomic E-state index is 12.4. The van der Waals surface area contributed by atoms with Gasteiger partial charge in [0.2, 0.25) is 10.0 Å². The molecule has 0 saturated carbocycles. The van der Waals surface area contributed by atoms with Crippen LogP contribution in [0.25, 0.3) is 10.9 Å². The lowest BCUT2D eigenvalue weighted by Crippen LogP contribution is -2.30. The average Bonchev–Trinajstić information content (AvgIpc) is 3.10. The van der Waals surface area contributed by atoms with Crippen molar-refractivity contribution in [1.29, 1.82) is 0 Å². The first-order chi connectivity index (χ1) is 14.2. The first-order valence-corrected chi connectivity index (χ1v) is 10.7. The molecule has 8 nitrogen and oxygen atoms in total. The third-order valence-electron chi connectivity index (χ3n) is 4.57. The Morgan fingerprint density at radius 1 is 1.13 bits per heavy atom. The molecule has 0 radical (unpaired) electrons. The number of fused-ring (bicyclic) bond motifs is 1. The number of aromatic amines is 1. The number of amides is 1. The van der Waals surface area contributed by atoms with Crippen molar-refractivity contribution >= 4 is 38.5 Å². The molecule has 1 atom stereocenters. The average molecular weight is 429 g/mol. The molecule has 0 saturated heterocycles. The molecule has 0 aliphatic rings. The summed E-state index contributed by atoms with van der Waals surface area (Å²) in [4.78, 5) is 27.8. The number of esters is 1. The van der Waals surface area contributed by atoms with Gasteiger partial charge in [-0.05, 0) is 36.8 Å². The highest BCUT2D eigenvalue weighted by Gasteiger charge is 2.21. The number of nitrogens with zero attached hydrogens (tertiary/aromatic N) is 1. The predicted molar refractivity (Wildman–Crippen MR) is 114 cm³/mol. The Hall–Kier alpha value is -3.17. The van der Waals surface area contributed by atoms with Gasteiger partial charge in [-0.1, -0.05) is 24.3 Å². The van der Waals surface area contributed by atoms with Crippen LogP contribution in [0.15, 0.2) is 59.6 Å². The van der Waals surface area contributed by atoms with Crippen LogP contribution in [-0.2, 0) is 30.8 Å². The molecular weight excluding hydrogens is 406 g/mol. The maximum atomic E-state index is 12.4. The van der Waals surface area contributed by atoms with Crippen LogP contribution in [-0.4, -0.2) is 49.8 Å². The predicted octanol–water partition coefficient (Wildman–Crippen LogP) is 2.53. The maximum Gasteiger partial charge on any atom is 0.311 e. The lowest BCUT2D eigenvalue weighted by Gasteiger charge is -2.15. The van der Waals surface area contributed by atoms with Gasteiger partial charge in [0.15, 0.2) is 6.10 Å². The molecular formula is C21H23N3O5S. The lowest BCUT2D eigenvalue weighted by molar-refractivity contribution is -0.152. The number of nitrogens with one attached hydrogen (secondary N) is 2. The summed E-state index contributed by atoms with van der Waals surface area (Å²) in [5.41, 5.74) is 1.99. The van der Waals surface area contributed by atoms with Crippen molar-refractivity contribution in [3.05, 3.63) is 60.3 Å². The zero-order valence-corrected chi connectivity index (χ0v) is 17.7. The highest BCUT2D eigenvalue weighted by Crippen LogP contribution is 2.20. The van der Waals surface area contributed by atoms with Crippen LogP contribution in [0.4, 0.5) is 5.69 Å². The summed E-state index contributed by atoms with van der Waals surface area (Å²) >= 11 is 0. The van der Waals surface area contributed by atoms with Crippen LogP contribution in [0.5, 0.6) is 0 Å². The number of para-hydroxylation sites is 1. The number of anilines is 1. The molecule has 9 heteroatoms. The van der Waals surface area contributed by atoms with E-state index >= 15 is 0 Å². The third kappa shape index (κ3) is 4.69. The van der Waals surface area contributed by atoms with Gasteiger partial charge < -0.3 is 15.0 Å². The highest BCUT2D eigenvalue weighted by atomic mass is 32.2. The molecule has 3 rings (SSSR count). The van der Waals surface area contributed by atoms with E-state index in [9.17, 15) is 18.0 Å². The molecule has 30 heavy (non-hydrogen) atoms. The van der Waals surface area contributed by atoms with Gasteiger partial charge in [0.1, 0.15) is 0 Å².